The number of benzene rings is 1. The van der Waals surface area contributed by atoms with Gasteiger partial charge in [-0.25, -0.2) is 0 Å². The topological polar surface area (TPSA) is 92.4 Å². The van der Waals surface area contributed by atoms with Gasteiger partial charge in [-0.05, 0) is 13.3 Å². The van der Waals surface area contributed by atoms with Crippen molar-refractivity contribution in [3.63, 3.8) is 0 Å². The SMILES string of the molecule is Cc1onc(-c2ccccc2)c1C(=O)NCCCC(=O)O. The number of aliphatic carboxylic acids is 1. The van der Waals surface area contributed by atoms with Crippen LogP contribution < -0.4 is 5.32 Å². The first-order valence-corrected chi connectivity index (χ1v) is 6.61. The van der Waals surface area contributed by atoms with Gasteiger partial charge >= 0.3 is 5.97 Å². The van der Waals surface area contributed by atoms with E-state index in [9.17, 15) is 9.59 Å². The lowest BCUT2D eigenvalue weighted by molar-refractivity contribution is -0.137. The predicted octanol–water partition coefficient (Wildman–Crippen LogP) is 2.24. The molecule has 0 saturated carbocycles. The van der Waals surface area contributed by atoms with E-state index in [4.69, 9.17) is 9.63 Å². The molecule has 0 saturated heterocycles. The number of carbonyl (C=O) groups excluding carboxylic acids is 1. The van der Waals surface area contributed by atoms with Crippen LogP contribution in [0.5, 0.6) is 0 Å². The highest BCUT2D eigenvalue weighted by Crippen LogP contribution is 2.24. The Hall–Kier alpha value is -2.63. The molecule has 0 atom stereocenters. The van der Waals surface area contributed by atoms with Gasteiger partial charge in [0.05, 0.1) is 0 Å². The molecule has 0 aliphatic rings. The summed E-state index contributed by atoms with van der Waals surface area (Å²) in [6, 6.07) is 9.28. The molecule has 1 aromatic carbocycles. The molecule has 1 aromatic heterocycles. The van der Waals surface area contributed by atoms with Gasteiger partial charge in [0, 0.05) is 18.5 Å². The summed E-state index contributed by atoms with van der Waals surface area (Å²) in [5.74, 6) is -0.752. The van der Waals surface area contributed by atoms with Gasteiger partial charge in [0.2, 0.25) is 0 Å². The number of nitrogens with one attached hydrogen (secondary N) is 1. The molecule has 6 nitrogen and oxygen atoms in total. The van der Waals surface area contributed by atoms with E-state index in [0.717, 1.165) is 5.56 Å². The second-order valence-corrected chi connectivity index (χ2v) is 4.58. The number of rotatable bonds is 6. The molecule has 2 N–H and O–H groups in total. The van der Waals surface area contributed by atoms with E-state index >= 15 is 0 Å². The van der Waals surface area contributed by atoms with Crippen molar-refractivity contribution >= 4 is 11.9 Å². The lowest BCUT2D eigenvalue weighted by Crippen LogP contribution is -2.25. The zero-order chi connectivity index (χ0) is 15.2. The fraction of sp³-hybridized carbons (Fsp3) is 0.267. The first-order valence-electron chi connectivity index (χ1n) is 6.61. The molecule has 6 heteroatoms. The van der Waals surface area contributed by atoms with Gasteiger partial charge in [-0.1, -0.05) is 35.5 Å². The van der Waals surface area contributed by atoms with Gasteiger partial charge in [-0.3, -0.25) is 9.59 Å². The molecule has 0 aliphatic heterocycles. The average Bonchev–Trinajstić information content (AvgIpc) is 2.86. The summed E-state index contributed by atoms with van der Waals surface area (Å²) in [5, 5.41) is 15.2. The maximum absolute atomic E-state index is 12.2. The van der Waals surface area contributed by atoms with Crippen molar-refractivity contribution in [2.24, 2.45) is 0 Å². The highest BCUT2D eigenvalue weighted by atomic mass is 16.5. The van der Waals surface area contributed by atoms with Crippen molar-refractivity contribution in [2.45, 2.75) is 19.8 Å². The van der Waals surface area contributed by atoms with Crippen molar-refractivity contribution in [1.29, 1.82) is 0 Å². The molecule has 0 unspecified atom stereocenters. The Morgan fingerprint density at radius 1 is 1.29 bits per heavy atom. The number of aromatic nitrogens is 1. The van der Waals surface area contributed by atoms with Crippen molar-refractivity contribution < 1.29 is 19.2 Å². The third-order valence-electron chi connectivity index (χ3n) is 2.99. The fourth-order valence-corrected chi connectivity index (χ4v) is 1.96. The summed E-state index contributed by atoms with van der Waals surface area (Å²) in [4.78, 5) is 22.6. The summed E-state index contributed by atoms with van der Waals surface area (Å²) >= 11 is 0. The minimum absolute atomic E-state index is 0.0223. The molecule has 0 radical (unpaired) electrons. The van der Waals surface area contributed by atoms with Gasteiger partial charge in [-0.2, -0.15) is 0 Å². The van der Waals surface area contributed by atoms with E-state index in [1.807, 2.05) is 30.3 Å². The van der Waals surface area contributed by atoms with Crippen LogP contribution in [0.15, 0.2) is 34.9 Å². The van der Waals surface area contributed by atoms with Crippen molar-refractivity contribution in [3.8, 4) is 11.3 Å². The average molecular weight is 288 g/mol. The number of hydrogen-bond acceptors (Lipinski definition) is 4. The van der Waals surface area contributed by atoms with E-state index in [-0.39, 0.29) is 12.3 Å². The molecule has 1 heterocycles. The van der Waals surface area contributed by atoms with Gasteiger partial charge in [0.15, 0.2) is 0 Å². The summed E-state index contributed by atoms with van der Waals surface area (Å²) < 4.78 is 5.11. The Morgan fingerprint density at radius 2 is 2.00 bits per heavy atom. The number of amides is 1. The molecule has 21 heavy (non-hydrogen) atoms. The molecule has 0 bridgehead atoms. The van der Waals surface area contributed by atoms with Crippen LogP contribution in [-0.4, -0.2) is 28.7 Å². The van der Waals surface area contributed by atoms with E-state index in [2.05, 4.69) is 10.5 Å². The van der Waals surface area contributed by atoms with Crippen LogP contribution in [0.3, 0.4) is 0 Å². The Balaban J connectivity index is 2.11. The van der Waals surface area contributed by atoms with Crippen LogP contribution in [-0.2, 0) is 4.79 Å². The highest BCUT2D eigenvalue weighted by molar-refractivity contribution is 6.00. The smallest absolute Gasteiger partial charge is 0.303 e. The maximum Gasteiger partial charge on any atom is 0.303 e. The van der Waals surface area contributed by atoms with Crippen LogP contribution in [0.1, 0.15) is 29.0 Å². The number of hydrogen-bond donors (Lipinski definition) is 2. The van der Waals surface area contributed by atoms with Crippen molar-refractivity contribution in [3.05, 3.63) is 41.7 Å². The molecular weight excluding hydrogens is 272 g/mol. The number of carboxylic acids is 1. The Morgan fingerprint density at radius 3 is 2.67 bits per heavy atom. The summed E-state index contributed by atoms with van der Waals surface area (Å²) in [6.07, 6.45) is 0.403. The Labute approximate surface area is 121 Å². The second kappa shape index (κ2) is 6.69. The van der Waals surface area contributed by atoms with Gasteiger partial charge < -0.3 is 14.9 Å². The fourth-order valence-electron chi connectivity index (χ4n) is 1.96. The van der Waals surface area contributed by atoms with Crippen LogP contribution in [0.25, 0.3) is 11.3 Å². The molecule has 2 aromatic rings. The molecule has 0 fully saturated rings. The Kier molecular flexibility index (Phi) is 4.71. The first kappa shape index (κ1) is 14.8. The molecule has 2 rings (SSSR count). The van der Waals surface area contributed by atoms with Gasteiger partial charge in [0.25, 0.3) is 5.91 Å². The van der Waals surface area contributed by atoms with Gasteiger partial charge in [0.1, 0.15) is 17.0 Å². The normalized spacial score (nSPS) is 10.3. The predicted molar refractivity (Wildman–Crippen MR) is 75.9 cm³/mol. The van der Waals surface area contributed by atoms with Crippen LogP contribution >= 0.6 is 0 Å². The van der Waals surface area contributed by atoms with Crippen LogP contribution in [0, 0.1) is 6.92 Å². The lowest BCUT2D eigenvalue weighted by atomic mass is 10.1. The largest absolute Gasteiger partial charge is 0.481 e. The Bertz CT molecular complexity index is 634. The zero-order valence-corrected chi connectivity index (χ0v) is 11.6. The standard InChI is InChI=1S/C15H16N2O4/c1-10-13(15(20)16-9-5-8-12(18)19)14(17-21-10)11-6-3-2-4-7-11/h2-4,6-7H,5,8-9H2,1H3,(H,16,20)(H,18,19). The van der Waals surface area contributed by atoms with Crippen molar-refractivity contribution in [2.75, 3.05) is 6.54 Å². The molecule has 1 amide bonds. The molecule has 110 valence electrons. The van der Waals surface area contributed by atoms with Crippen LogP contribution in [0.2, 0.25) is 0 Å². The second-order valence-electron chi connectivity index (χ2n) is 4.58. The van der Waals surface area contributed by atoms with Crippen molar-refractivity contribution in [1.82, 2.24) is 10.5 Å². The molecule has 0 spiro atoms. The molecular formula is C15H16N2O4. The molecule has 0 aliphatic carbocycles. The third kappa shape index (κ3) is 3.68. The quantitative estimate of drug-likeness (QED) is 0.795. The van der Waals surface area contributed by atoms with Gasteiger partial charge in [-0.15, -0.1) is 0 Å². The summed E-state index contributed by atoms with van der Waals surface area (Å²) in [5.41, 5.74) is 1.67. The maximum atomic E-state index is 12.2. The first-order chi connectivity index (χ1) is 10.1. The van der Waals surface area contributed by atoms with E-state index in [1.165, 1.54) is 0 Å². The summed E-state index contributed by atoms with van der Waals surface area (Å²) in [6.45, 7) is 1.97. The van der Waals surface area contributed by atoms with E-state index in [0.29, 0.717) is 30.0 Å². The number of carbonyl (C=O) groups is 2. The van der Waals surface area contributed by atoms with E-state index in [1.54, 1.807) is 6.92 Å². The highest BCUT2D eigenvalue weighted by Gasteiger charge is 2.21. The minimum Gasteiger partial charge on any atom is -0.481 e. The number of carboxylic acid groups (broad SMARTS) is 1. The number of nitrogens with zero attached hydrogens (tertiary/aromatic N) is 1. The van der Waals surface area contributed by atoms with Crippen LogP contribution in [0.4, 0.5) is 0 Å². The monoisotopic (exact) mass is 288 g/mol. The number of aryl methyl sites for hydroxylation is 1. The minimum atomic E-state index is -0.879. The zero-order valence-electron chi connectivity index (χ0n) is 11.6. The third-order valence-corrected chi connectivity index (χ3v) is 2.99. The summed E-state index contributed by atoms with van der Waals surface area (Å²) in [7, 11) is 0. The lowest BCUT2D eigenvalue weighted by Gasteiger charge is -2.05. The van der Waals surface area contributed by atoms with E-state index < -0.39 is 5.97 Å².